The van der Waals surface area contributed by atoms with Gasteiger partial charge < -0.3 is 26.1 Å². The number of aromatic nitrogens is 2. The molecule has 0 unspecified atom stereocenters. The molecule has 16 heavy (non-hydrogen) atoms. The maximum Gasteiger partial charge on any atom is 4.00 e. The average molecular weight is 261 g/mol. The molecule has 0 atom stereocenters. The first-order valence-corrected chi connectivity index (χ1v) is 4.49. The summed E-state index contributed by atoms with van der Waals surface area (Å²) >= 11 is 0. The van der Waals surface area contributed by atoms with Gasteiger partial charge in [-0.2, -0.15) is 48.5 Å². The third kappa shape index (κ3) is 48.9. The first kappa shape index (κ1) is 24.9. The monoisotopic (exact) mass is 261 g/mol. The molecular formula is C10H23N5Ti. The third-order valence-corrected chi connectivity index (χ3v) is 0.598. The summed E-state index contributed by atoms with van der Waals surface area (Å²) < 4.78 is 0. The minimum atomic E-state index is 0. The van der Waals surface area contributed by atoms with E-state index >= 15 is 0 Å². The van der Waals surface area contributed by atoms with E-state index in [1.54, 1.807) is 48.5 Å². The summed E-state index contributed by atoms with van der Waals surface area (Å²) in [4.78, 5) is 0. The predicted molar refractivity (Wildman–Crippen MR) is 67.9 cm³/mol. The van der Waals surface area contributed by atoms with Crippen LogP contribution in [-0.2, 0) is 21.7 Å². The number of hydrogen-bond donors (Lipinski definition) is 0. The Morgan fingerprint density at radius 1 is 0.938 bits per heavy atom. The molecule has 1 rings (SSSR count). The van der Waals surface area contributed by atoms with E-state index in [0.717, 1.165) is 5.69 Å². The van der Waals surface area contributed by atoms with Crippen molar-refractivity contribution in [2.45, 2.75) is 6.92 Å². The minimum absolute atomic E-state index is 0. The van der Waals surface area contributed by atoms with E-state index in [0.29, 0.717) is 0 Å². The number of rotatable bonds is 0. The number of aryl methyl sites for hydroxylation is 1. The van der Waals surface area contributed by atoms with Crippen LogP contribution in [0.4, 0.5) is 0 Å². The second-order valence-corrected chi connectivity index (χ2v) is 2.51. The minimum Gasteiger partial charge on any atom is -0.668 e. The van der Waals surface area contributed by atoms with Crippen LogP contribution in [-0.4, -0.2) is 47.4 Å². The van der Waals surface area contributed by atoms with Gasteiger partial charge in [0.1, 0.15) is 0 Å². The summed E-state index contributed by atoms with van der Waals surface area (Å²) in [6, 6.07) is 1.86. The van der Waals surface area contributed by atoms with Gasteiger partial charge in [-0.15, -0.1) is 0 Å². The second kappa shape index (κ2) is 29.3. The fraction of sp³-hybridized carbons (Fsp3) is 0.700. The Labute approximate surface area is 115 Å². The van der Waals surface area contributed by atoms with Gasteiger partial charge in [-0.25, -0.2) is 0 Å². The van der Waals surface area contributed by atoms with Crippen LogP contribution in [0.15, 0.2) is 12.3 Å². The van der Waals surface area contributed by atoms with Gasteiger partial charge in [0.15, 0.2) is 0 Å². The zero-order valence-electron chi connectivity index (χ0n) is 11.4. The van der Waals surface area contributed by atoms with Gasteiger partial charge in [0.05, 0.1) is 0 Å². The molecule has 0 saturated heterocycles. The summed E-state index contributed by atoms with van der Waals surface area (Å²) in [6.07, 6.45) is 1.68. The van der Waals surface area contributed by atoms with E-state index in [2.05, 4.69) is 26.1 Å². The van der Waals surface area contributed by atoms with E-state index in [4.69, 9.17) is 0 Å². The van der Waals surface area contributed by atoms with Crippen LogP contribution in [0.3, 0.4) is 0 Å². The molecule has 0 aliphatic carbocycles. The first-order chi connectivity index (χ1) is 7.14. The Balaban J connectivity index is -0.0000000637. The number of nitrogens with zero attached hydrogens (tertiary/aromatic N) is 5. The van der Waals surface area contributed by atoms with Crippen molar-refractivity contribution >= 4 is 0 Å². The van der Waals surface area contributed by atoms with Gasteiger partial charge >= 0.3 is 21.7 Å². The molecule has 92 valence electrons. The van der Waals surface area contributed by atoms with Gasteiger partial charge in [-0.05, 0) is 6.92 Å². The molecule has 0 radical (unpaired) electrons. The summed E-state index contributed by atoms with van der Waals surface area (Å²) in [5.74, 6) is 0. The van der Waals surface area contributed by atoms with Gasteiger partial charge in [-0.1, -0.05) is 6.07 Å². The Kier molecular flexibility index (Phi) is 45.6. The normalized spacial score (nSPS) is 6.69. The van der Waals surface area contributed by atoms with Crippen LogP contribution in [0.25, 0.3) is 16.0 Å². The maximum atomic E-state index is 3.67. The van der Waals surface area contributed by atoms with Crippen molar-refractivity contribution in [2.24, 2.45) is 0 Å². The van der Waals surface area contributed by atoms with Crippen molar-refractivity contribution in [3.8, 4) is 0 Å². The van der Waals surface area contributed by atoms with Crippen molar-refractivity contribution in [3.63, 3.8) is 0 Å². The zero-order valence-corrected chi connectivity index (χ0v) is 13.0. The van der Waals surface area contributed by atoms with Crippen LogP contribution in [0, 0.1) is 6.92 Å². The Morgan fingerprint density at radius 2 is 1.25 bits per heavy atom. The van der Waals surface area contributed by atoms with Crippen LogP contribution in [0.1, 0.15) is 5.69 Å². The average Bonchev–Trinajstić information content (AvgIpc) is 2.60. The molecule has 0 spiro atoms. The molecule has 0 bridgehead atoms. The molecular weight excluding hydrogens is 238 g/mol. The molecule has 1 heterocycles. The molecule has 0 aliphatic rings. The van der Waals surface area contributed by atoms with Gasteiger partial charge in [0.2, 0.25) is 0 Å². The van der Waals surface area contributed by atoms with Gasteiger partial charge in [0, 0.05) is 5.69 Å². The quantitative estimate of drug-likeness (QED) is 0.672. The third-order valence-electron chi connectivity index (χ3n) is 0.598. The summed E-state index contributed by atoms with van der Waals surface area (Å²) in [5.41, 5.74) is 0.981. The van der Waals surface area contributed by atoms with E-state index in [9.17, 15) is 0 Å². The predicted octanol–water partition coefficient (Wildman–Crippen LogP) is 2.20. The molecule has 6 heteroatoms. The Bertz CT molecular complexity index is 151. The Morgan fingerprint density at radius 3 is 1.31 bits per heavy atom. The van der Waals surface area contributed by atoms with Gasteiger partial charge in [-0.3, -0.25) is 0 Å². The van der Waals surface area contributed by atoms with E-state index in [1.165, 1.54) is 0 Å². The van der Waals surface area contributed by atoms with Crippen LogP contribution >= 0.6 is 0 Å². The largest absolute Gasteiger partial charge is 4.00 e. The van der Waals surface area contributed by atoms with Crippen molar-refractivity contribution in [2.75, 3.05) is 42.3 Å². The van der Waals surface area contributed by atoms with E-state index < -0.39 is 0 Å². The molecule has 0 fully saturated rings. The number of hydrogen-bond acceptors (Lipinski definition) is 1. The van der Waals surface area contributed by atoms with E-state index in [1.807, 2.05) is 13.0 Å². The van der Waals surface area contributed by atoms with Gasteiger partial charge in [0.25, 0.3) is 0 Å². The van der Waals surface area contributed by atoms with Crippen LogP contribution in [0.5, 0.6) is 0 Å². The first-order valence-electron chi connectivity index (χ1n) is 4.49. The SMILES string of the molecule is C[N-]C.C[N-]C.C[N-]C.Cc1cc[n-]n1.[Ti+4]. The van der Waals surface area contributed by atoms with E-state index in [-0.39, 0.29) is 21.7 Å². The molecule has 0 saturated carbocycles. The topological polar surface area (TPSA) is 69.3 Å². The molecule has 0 aromatic carbocycles. The van der Waals surface area contributed by atoms with Crippen LogP contribution in [0.2, 0.25) is 0 Å². The van der Waals surface area contributed by atoms with Crippen molar-refractivity contribution in [3.05, 3.63) is 33.9 Å². The molecule has 1 aromatic rings. The molecule has 0 N–H and O–H groups in total. The smallest absolute Gasteiger partial charge is 0.668 e. The fourth-order valence-electron chi connectivity index (χ4n) is 0.299. The molecule has 5 nitrogen and oxygen atoms in total. The summed E-state index contributed by atoms with van der Waals surface area (Å²) in [7, 11) is 10.5. The van der Waals surface area contributed by atoms with Crippen molar-refractivity contribution in [1.29, 1.82) is 0 Å². The second-order valence-electron chi connectivity index (χ2n) is 2.51. The summed E-state index contributed by atoms with van der Waals surface area (Å²) in [6.45, 7) is 1.91. The maximum absolute atomic E-state index is 3.67. The molecule has 0 aliphatic heterocycles. The summed E-state index contributed by atoms with van der Waals surface area (Å²) in [5, 5.41) is 17.7. The van der Waals surface area contributed by atoms with Crippen molar-refractivity contribution in [1.82, 2.24) is 10.2 Å². The fourth-order valence-corrected chi connectivity index (χ4v) is 0.299. The molecule has 0 amide bonds. The molecule has 1 aromatic heterocycles. The standard InChI is InChI=1S/C4H5N2.3C2H6N.Ti/c1-4-2-3-5-6-4;3*1-3-2;/h2-3H,1H3;3*1-2H3;/q4*-1;+4. The zero-order chi connectivity index (χ0) is 12.5. The van der Waals surface area contributed by atoms with Crippen molar-refractivity contribution < 1.29 is 21.7 Å². The van der Waals surface area contributed by atoms with Crippen LogP contribution < -0.4 is 5.10 Å². The Hall–Kier alpha value is -0.196.